The molecule has 0 fully saturated rings. The lowest BCUT2D eigenvalue weighted by Crippen LogP contribution is -2.18. The van der Waals surface area contributed by atoms with Crippen LogP contribution in [0.3, 0.4) is 0 Å². The Morgan fingerprint density at radius 1 is 1.09 bits per heavy atom. The van der Waals surface area contributed by atoms with Gasteiger partial charge in [-0.2, -0.15) is 4.98 Å². The number of methoxy groups -OCH3 is 1. The number of rotatable bonds is 6. The van der Waals surface area contributed by atoms with Gasteiger partial charge in [0.1, 0.15) is 5.75 Å². The van der Waals surface area contributed by atoms with Crippen molar-refractivity contribution >= 4 is 23.2 Å². The maximum Gasteiger partial charge on any atom is 0.573 e. The van der Waals surface area contributed by atoms with Gasteiger partial charge in [0, 0.05) is 23.8 Å². The molecule has 0 unspecified atom stereocenters. The van der Waals surface area contributed by atoms with Crippen LogP contribution in [0, 0.1) is 6.92 Å². The molecule has 0 bridgehead atoms. The van der Waals surface area contributed by atoms with Crippen molar-refractivity contribution in [3.8, 4) is 28.6 Å². The number of alkyl halides is 3. The number of hydrogen-bond donors (Lipinski definition) is 1. The van der Waals surface area contributed by atoms with E-state index in [9.17, 15) is 13.2 Å². The van der Waals surface area contributed by atoms with E-state index in [4.69, 9.17) is 16.3 Å². The second-order valence-corrected chi connectivity index (χ2v) is 7.44. The molecule has 33 heavy (non-hydrogen) atoms. The number of nitrogens with one attached hydrogen (secondary N) is 1. The van der Waals surface area contributed by atoms with Crippen LogP contribution < -0.4 is 14.8 Å². The molecule has 0 amide bonds. The summed E-state index contributed by atoms with van der Waals surface area (Å²) < 4.78 is 51.1. The molecule has 4 rings (SSSR count). The highest BCUT2D eigenvalue weighted by molar-refractivity contribution is 6.31. The Morgan fingerprint density at radius 3 is 2.55 bits per heavy atom. The molecule has 4 aromatic rings. The van der Waals surface area contributed by atoms with E-state index < -0.39 is 12.1 Å². The fourth-order valence-electron chi connectivity index (χ4n) is 3.13. The molecule has 2 heterocycles. The maximum absolute atomic E-state index is 12.8. The summed E-state index contributed by atoms with van der Waals surface area (Å²) in [6, 6.07) is 9.14. The van der Waals surface area contributed by atoms with Crippen molar-refractivity contribution < 1.29 is 22.6 Å². The Balaban J connectivity index is 1.65. The summed E-state index contributed by atoms with van der Waals surface area (Å²) in [6.45, 7) is 1.88. The Morgan fingerprint density at radius 2 is 1.88 bits per heavy atom. The SMILES string of the molecule is COc1cc(-c2nc(Nc3cc(Cl)ccc3OC(F)(F)F)n(C)n2)ccc1-n1cnc(C)c1. The first-order chi connectivity index (χ1) is 15.6. The van der Waals surface area contributed by atoms with E-state index >= 15 is 0 Å². The van der Waals surface area contributed by atoms with Crippen LogP contribution >= 0.6 is 11.6 Å². The molecule has 0 spiro atoms. The van der Waals surface area contributed by atoms with Gasteiger partial charge in [-0.25, -0.2) is 9.67 Å². The number of hydrogen-bond acceptors (Lipinski definition) is 6. The van der Waals surface area contributed by atoms with Crippen LogP contribution in [0.4, 0.5) is 24.8 Å². The van der Waals surface area contributed by atoms with Gasteiger partial charge >= 0.3 is 6.36 Å². The van der Waals surface area contributed by atoms with E-state index in [0.717, 1.165) is 17.4 Å². The van der Waals surface area contributed by atoms with Crippen molar-refractivity contribution in [3.05, 3.63) is 59.6 Å². The number of aromatic nitrogens is 5. The molecule has 2 aromatic heterocycles. The summed E-state index contributed by atoms with van der Waals surface area (Å²) in [7, 11) is 3.15. The molecule has 172 valence electrons. The Kier molecular flexibility index (Phi) is 5.90. The zero-order chi connectivity index (χ0) is 23.8. The van der Waals surface area contributed by atoms with Gasteiger partial charge in [0.25, 0.3) is 0 Å². The summed E-state index contributed by atoms with van der Waals surface area (Å²) in [5.41, 5.74) is 2.28. The third kappa shape index (κ3) is 5.03. The summed E-state index contributed by atoms with van der Waals surface area (Å²) in [4.78, 5) is 8.63. The highest BCUT2D eigenvalue weighted by Crippen LogP contribution is 2.35. The largest absolute Gasteiger partial charge is 0.573 e. The zero-order valence-electron chi connectivity index (χ0n) is 17.7. The highest BCUT2D eigenvalue weighted by atomic mass is 35.5. The predicted octanol–water partition coefficient (Wildman–Crippen LogP) is 5.28. The fraction of sp³-hybridized carbons (Fsp3) is 0.190. The minimum atomic E-state index is -4.86. The second-order valence-electron chi connectivity index (χ2n) is 7.00. The van der Waals surface area contributed by atoms with Crippen molar-refractivity contribution in [1.82, 2.24) is 24.3 Å². The van der Waals surface area contributed by atoms with Crippen LogP contribution in [-0.2, 0) is 7.05 Å². The maximum atomic E-state index is 12.8. The Bertz CT molecular complexity index is 1300. The average molecular weight is 479 g/mol. The first-order valence-electron chi connectivity index (χ1n) is 9.55. The molecule has 2 aromatic carbocycles. The van der Waals surface area contributed by atoms with Gasteiger partial charge in [-0.3, -0.25) is 0 Å². The molecule has 1 N–H and O–H groups in total. The van der Waals surface area contributed by atoms with E-state index in [-0.39, 0.29) is 16.7 Å². The number of halogens is 4. The summed E-state index contributed by atoms with van der Waals surface area (Å²) in [5.74, 6) is 0.653. The zero-order valence-corrected chi connectivity index (χ0v) is 18.4. The standard InChI is InChI=1S/C21H18ClF3N6O2/c1-12-10-31(11-26-12)16-6-4-13(8-18(16)32-3)19-28-20(30(2)29-19)27-15-9-14(22)5-7-17(15)33-21(23,24)25/h4-11H,1-3H3,(H,27,28,29). The summed E-state index contributed by atoms with van der Waals surface area (Å²) in [5, 5.41) is 7.38. The van der Waals surface area contributed by atoms with E-state index in [1.807, 2.05) is 29.8 Å². The lowest BCUT2D eigenvalue weighted by molar-refractivity contribution is -0.274. The van der Waals surface area contributed by atoms with Gasteiger partial charge in [-0.1, -0.05) is 11.6 Å². The van der Waals surface area contributed by atoms with E-state index in [2.05, 4.69) is 25.1 Å². The van der Waals surface area contributed by atoms with E-state index in [1.165, 1.54) is 16.8 Å². The molecule has 12 heteroatoms. The minimum absolute atomic E-state index is 0.00900. The number of anilines is 2. The monoisotopic (exact) mass is 478 g/mol. The molecule has 0 saturated heterocycles. The van der Waals surface area contributed by atoms with Gasteiger partial charge < -0.3 is 19.4 Å². The number of ether oxygens (including phenoxy) is 2. The number of benzene rings is 2. The molecular weight excluding hydrogens is 461 g/mol. The summed E-state index contributed by atoms with van der Waals surface area (Å²) >= 11 is 5.96. The molecule has 0 aliphatic carbocycles. The van der Waals surface area contributed by atoms with Crippen LogP contribution in [0.5, 0.6) is 11.5 Å². The molecule has 0 atom stereocenters. The van der Waals surface area contributed by atoms with Gasteiger partial charge in [0.05, 0.1) is 30.5 Å². The predicted molar refractivity (Wildman–Crippen MR) is 116 cm³/mol. The topological polar surface area (TPSA) is 79.0 Å². The van der Waals surface area contributed by atoms with Crippen molar-refractivity contribution in [2.45, 2.75) is 13.3 Å². The molecule has 0 aliphatic rings. The average Bonchev–Trinajstić information content (AvgIpc) is 3.34. The van der Waals surface area contributed by atoms with Crippen LogP contribution in [0.1, 0.15) is 5.69 Å². The number of nitrogens with zero attached hydrogens (tertiary/aromatic N) is 5. The van der Waals surface area contributed by atoms with Crippen molar-refractivity contribution in [3.63, 3.8) is 0 Å². The Hall–Kier alpha value is -3.73. The van der Waals surface area contributed by atoms with Crippen LogP contribution in [0.15, 0.2) is 48.9 Å². The van der Waals surface area contributed by atoms with Crippen molar-refractivity contribution in [1.29, 1.82) is 0 Å². The number of aryl methyl sites for hydroxylation is 2. The lowest BCUT2D eigenvalue weighted by Gasteiger charge is -2.14. The van der Waals surface area contributed by atoms with Crippen LogP contribution in [0.2, 0.25) is 5.02 Å². The second kappa shape index (κ2) is 8.66. The highest BCUT2D eigenvalue weighted by Gasteiger charge is 2.32. The van der Waals surface area contributed by atoms with Gasteiger partial charge in [-0.05, 0) is 43.3 Å². The van der Waals surface area contributed by atoms with Crippen LogP contribution in [-0.4, -0.2) is 37.8 Å². The normalized spacial score (nSPS) is 11.5. The van der Waals surface area contributed by atoms with Gasteiger partial charge in [0.2, 0.25) is 5.95 Å². The molecule has 0 radical (unpaired) electrons. The van der Waals surface area contributed by atoms with E-state index in [1.54, 1.807) is 26.6 Å². The Labute approximate surface area is 191 Å². The molecule has 0 aliphatic heterocycles. The van der Waals surface area contributed by atoms with Crippen LogP contribution in [0.25, 0.3) is 17.1 Å². The third-order valence-electron chi connectivity index (χ3n) is 4.60. The third-order valence-corrected chi connectivity index (χ3v) is 4.84. The molecule has 0 saturated carbocycles. The van der Waals surface area contributed by atoms with Crippen molar-refractivity contribution in [2.24, 2.45) is 7.05 Å². The summed E-state index contributed by atoms with van der Waals surface area (Å²) in [6.07, 6.45) is -1.31. The minimum Gasteiger partial charge on any atom is -0.495 e. The lowest BCUT2D eigenvalue weighted by atomic mass is 10.1. The smallest absolute Gasteiger partial charge is 0.495 e. The first kappa shape index (κ1) is 22.5. The quantitative estimate of drug-likeness (QED) is 0.406. The fourth-order valence-corrected chi connectivity index (χ4v) is 3.30. The van der Waals surface area contributed by atoms with Gasteiger partial charge in [0.15, 0.2) is 11.6 Å². The number of imidazole rings is 1. The van der Waals surface area contributed by atoms with Gasteiger partial charge in [-0.15, -0.1) is 18.3 Å². The van der Waals surface area contributed by atoms with Crippen molar-refractivity contribution in [2.75, 3.05) is 12.4 Å². The molecule has 8 nitrogen and oxygen atoms in total. The van der Waals surface area contributed by atoms with E-state index in [0.29, 0.717) is 17.1 Å². The first-order valence-corrected chi connectivity index (χ1v) is 9.93. The molecular formula is C21H18ClF3N6O2.